The van der Waals surface area contributed by atoms with Crippen LogP contribution in [0.25, 0.3) is 0 Å². The van der Waals surface area contributed by atoms with Gasteiger partial charge in [-0.25, -0.2) is 9.97 Å². The Labute approximate surface area is 205 Å². The summed E-state index contributed by atoms with van der Waals surface area (Å²) in [4.78, 5) is 40.0. The maximum Gasteiger partial charge on any atom is 0.290 e. The van der Waals surface area contributed by atoms with Crippen LogP contribution in [-0.2, 0) is 20.9 Å². The van der Waals surface area contributed by atoms with Gasteiger partial charge in [-0.3, -0.25) is 19.5 Å². The van der Waals surface area contributed by atoms with Crippen molar-refractivity contribution < 1.29 is 19.4 Å². The van der Waals surface area contributed by atoms with E-state index in [-0.39, 0.29) is 12.4 Å². The predicted octanol–water partition coefficient (Wildman–Crippen LogP) is 1.59. The number of pyridine rings is 1. The van der Waals surface area contributed by atoms with Crippen molar-refractivity contribution in [3.8, 4) is 0 Å². The van der Waals surface area contributed by atoms with Crippen molar-refractivity contribution in [3.05, 3.63) is 48.5 Å². The van der Waals surface area contributed by atoms with Crippen LogP contribution in [0.3, 0.4) is 0 Å². The van der Waals surface area contributed by atoms with Crippen LogP contribution in [0.2, 0.25) is 0 Å². The molecule has 10 heteroatoms. The number of aromatic nitrogens is 3. The molecule has 0 spiro atoms. The molecule has 2 N–H and O–H groups in total. The number of carboxylic acid groups (broad SMARTS) is 1. The molecular formula is C25H34N6O4. The second kappa shape index (κ2) is 12.0. The van der Waals surface area contributed by atoms with Gasteiger partial charge < -0.3 is 20.1 Å². The van der Waals surface area contributed by atoms with Crippen LogP contribution >= 0.6 is 0 Å². The van der Waals surface area contributed by atoms with Crippen LogP contribution in [0.1, 0.15) is 31.2 Å². The van der Waals surface area contributed by atoms with Crippen molar-refractivity contribution in [3.63, 3.8) is 0 Å². The Balaban J connectivity index is 0.000000917. The van der Waals surface area contributed by atoms with E-state index in [1.54, 1.807) is 18.6 Å². The molecule has 0 bridgehead atoms. The first-order chi connectivity index (χ1) is 17.2. The first-order valence-electron chi connectivity index (χ1n) is 12.2. The Kier molecular flexibility index (Phi) is 8.59. The van der Waals surface area contributed by atoms with Crippen LogP contribution in [0.4, 0.5) is 5.95 Å². The summed E-state index contributed by atoms with van der Waals surface area (Å²) in [5, 5.41) is 10.1. The number of ether oxygens (including phenoxy) is 1. The van der Waals surface area contributed by atoms with Crippen molar-refractivity contribution in [2.45, 2.75) is 38.3 Å². The fourth-order valence-electron chi connectivity index (χ4n) is 5.77. The molecule has 3 fully saturated rings. The Morgan fingerprint density at radius 3 is 2.66 bits per heavy atom. The average Bonchev–Trinajstić information content (AvgIpc) is 2.93. The van der Waals surface area contributed by atoms with E-state index in [0.717, 1.165) is 70.0 Å². The number of fused-ring (bicyclic) bond motifs is 1. The molecule has 1 aliphatic carbocycles. The van der Waals surface area contributed by atoms with Crippen molar-refractivity contribution in [1.29, 1.82) is 0 Å². The van der Waals surface area contributed by atoms with E-state index in [0.29, 0.717) is 25.0 Å². The van der Waals surface area contributed by atoms with Gasteiger partial charge in [0.05, 0.1) is 18.6 Å². The van der Waals surface area contributed by atoms with Crippen molar-refractivity contribution in [1.82, 2.24) is 25.2 Å². The zero-order valence-corrected chi connectivity index (χ0v) is 20.0. The summed E-state index contributed by atoms with van der Waals surface area (Å²) in [7, 11) is 0. The third kappa shape index (κ3) is 5.94. The molecule has 2 aromatic heterocycles. The fourth-order valence-corrected chi connectivity index (χ4v) is 5.77. The third-order valence-electron chi connectivity index (χ3n) is 7.51. The number of carbonyl (C=O) groups excluding carboxylic acids is 1. The molecule has 188 valence electrons. The van der Waals surface area contributed by atoms with Crippen LogP contribution in [-0.4, -0.2) is 82.8 Å². The highest BCUT2D eigenvalue weighted by molar-refractivity contribution is 5.84. The standard InChI is InChI=1S/C24H32N6O2.CH2O2/c31-22(28-17-19-3-1-7-25-16-19)24-6-4-21(29-11-13-32-14-12-29)15-20(24)5-10-30(18-24)23-26-8-2-9-27-23;2-1-3/h1-3,7-9,16,20-21H,4-6,10-15,17-18H2,(H,28,31);1H,(H,2,3)/t20-,21+,24-;/m1./s1. The average molecular weight is 483 g/mol. The van der Waals surface area contributed by atoms with Crippen molar-refractivity contribution in [2.24, 2.45) is 11.3 Å². The second-order valence-electron chi connectivity index (χ2n) is 9.34. The molecule has 1 amide bonds. The lowest BCUT2D eigenvalue weighted by Crippen LogP contribution is -2.61. The molecule has 4 heterocycles. The molecule has 3 aliphatic rings. The Morgan fingerprint density at radius 1 is 1.17 bits per heavy atom. The molecule has 0 aromatic carbocycles. The summed E-state index contributed by atoms with van der Waals surface area (Å²) in [5.41, 5.74) is 0.609. The van der Waals surface area contributed by atoms with Gasteiger partial charge in [-0.1, -0.05) is 6.07 Å². The molecule has 2 aromatic rings. The number of rotatable bonds is 5. The highest BCUT2D eigenvalue weighted by atomic mass is 16.5. The summed E-state index contributed by atoms with van der Waals surface area (Å²) >= 11 is 0. The minimum absolute atomic E-state index is 0.160. The van der Waals surface area contributed by atoms with E-state index in [4.69, 9.17) is 14.6 Å². The van der Waals surface area contributed by atoms with Gasteiger partial charge in [0.25, 0.3) is 6.47 Å². The number of carbonyl (C=O) groups is 2. The monoisotopic (exact) mass is 482 g/mol. The highest BCUT2D eigenvalue weighted by Crippen LogP contribution is 2.48. The maximum atomic E-state index is 13.8. The van der Waals surface area contributed by atoms with Crippen LogP contribution in [0, 0.1) is 11.3 Å². The minimum Gasteiger partial charge on any atom is -0.483 e. The van der Waals surface area contributed by atoms with Crippen LogP contribution in [0.15, 0.2) is 43.0 Å². The third-order valence-corrected chi connectivity index (χ3v) is 7.51. The van der Waals surface area contributed by atoms with E-state index in [1.807, 2.05) is 24.4 Å². The Hall–Kier alpha value is -3.11. The number of anilines is 1. The topological polar surface area (TPSA) is 121 Å². The molecule has 2 aliphatic heterocycles. The highest BCUT2D eigenvalue weighted by Gasteiger charge is 2.53. The molecule has 10 nitrogen and oxygen atoms in total. The van der Waals surface area contributed by atoms with E-state index in [1.165, 1.54) is 0 Å². The number of piperidine rings is 1. The SMILES string of the molecule is O=C(NCc1cccnc1)[C@@]12CC[C@H](N3CCOCC3)C[C@H]1CCN(c1ncccn1)C2.O=CO. The Morgan fingerprint density at radius 2 is 1.94 bits per heavy atom. The van der Waals surface area contributed by atoms with Gasteiger partial charge in [-0.05, 0) is 49.3 Å². The van der Waals surface area contributed by atoms with Crippen LogP contribution in [0.5, 0.6) is 0 Å². The van der Waals surface area contributed by atoms with Gasteiger partial charge in [0.15, 0.2) is 0 Å². The summed E-state index contributed by atoms with van der Waals surface area (Å²) in [6.45, 7) is 5.46. The lowest BCUT2D eigenvalue weighted by Gasteiger charge is -2.53. The zero-order valence-electron chi connectivity index (χ0n) is 20.0. The lowest BCUT2D eigenvalue weighted by molar-refractivity contribution is -0.139. The molecule has 5 rings (SSSR count). The van der Waals surface area contributed by atoms with Gasteiger partial charge in [-0.2, -0.15) is 0 Å². The quantitative estimate of drug-likeness (QED) is 0.612. The predicted molar refractivity (Wildman–Crippen MR) is 130 cm³/mol. The minimum atomic E-state index is -0.414. The first kappa shape index (κ1) is 25.0. The number of nitrogens with zero attached hydrogens (tertiary/aromatic N) is 5. The molecule has 0 unspecified atom stereocenters. The van der Waals surface area contributed by atoms with Gasteiger partial charge in [0.1, 0.15) is 0 Å². The van der Waals surface area contributed by atoms with E-state index >= 15 is 0 Å². The number of hydrogen-bond donors (Lipinski definition) is 2. The van der Waals surface area contributed by atoms with Gasteiger partial charge >= 0.3 is 0 Å². The number of nitrogens with one attached hydrogen (secondary N) is 1. The van der Waals surface area contributed by atoms with E-state index < -0.39 is 5.41 Å². The largest absolute Gasteiger partial charge is 0.483 e. The van der Waals surface area contributed by atoms with E-state index in [2.05, 4.69) is 30.1 Å². The number of amides is 1. The van der Waals surface area contributed by atoms with Crippen molar-refractivity contribution >= 4 is 18.3 Å². The van der Waals surface area contributed by atoms with Crippen molar-refractivity contribution in [2.75, 3.05) is 44.3 Å². The molecule has 2 saturated heterocycles. The number of morpholine rings is 1. The summed E-state index contributed by atoms with van der Waals surface area (Å²) < 4.78 is 5.56. The van der Waals surface area contributed by atoms with Crippen LogP contribution < -0.4 is 10.2 Å². The summed E-state index contributed by atoms with van der Waals surface area (Å²) in [6.07, 6.45) is 11.1. The fraction of sp³-hybridized carbons (Fsp3) is 0.560. The Bertz CT molecular complexity index is 943. The second-order valence-corrected chi connectivity index (χ2v) is 9.34. The molecule has 3 atom stereocenters. The maximum absolute atomic E-state index is 13.8. The lowest BCUT2D eigenvalue weighted by atomic mass is 9.61. The summed E-state index contributed by atoms with van der Waals surface area (Å²) in [6, 6.07) is 6.29. The van der Waals surface area contributed by atoms with E-state index in [9.17, 15) is 4.79 Å². The first-order valence-corrected chi connectivity index (χ1v) is 12.2. The number of hydrogen-bond acceptors (Lipinski definition) is 8. The smallest absolute Gasteiger partial charge is 0.290 e. The van der Waals surface area contributed by atoms with Gasteiger partial charge in [0.2, 0.25) is 11.9 Å². The molecule has 1 saturated carbocycles. The molecular weight excluding hydrogens is 448 g/mol. The molecule has 0 radical (unpaired) electrons. The van der Waals surface area contributed by atoms with Gasteiger partial charge in [-0.15, -0.1) is 0 Å². The zero-order chi connectivity index (χ0) is 24.5. The summed E-state index contributed by atoms with van der Waals surface area (Å²) in [5.74, 6) is 1.24. The molecule has 35 heavy (non-hydrogen) atoms. The van der Waals surface area contributed by atoms with Gasteiger partial charge in [0, 0.05) is 63.6 Å². The normalized spacial score (nSPS) is 26.6.